The molecule has 0 spiro atoms. The highest BCUT2D eigenvalue weighted by molar-refractivity contribution is 5.34. The van der Waals surface area contributed by atoms with Crippen LogP contribution in [0.15, 0.2) is 42.6 Å². The van der Waals surface area contributed by atoms with Gasteiger partial charge in [-0.1, -0.05) is 30.7 Å². The van der Waals surface area contributed by atoms with Gasteiger partial charge in [-0.2, -0.15) is 0 Å². The summed E-state index contributed by atoms with van der Waals surface area (Å²) in [5.41, 5.74) is 3.06. The Morgan fingerprint density at radius 2 is 2.05 bits per heavy atom. The summed E-state index contributed by atoms with van der Waals surface area (Å²) in [6.45, 7) is 0. The van der Waals surface area contributed by atoms with Gasteiger partial charge in [0.2, 0.25) is 5.88 Å². The molecular weight excluding hydrogens is 250 g/mol. The molecule has 0 amide bonds. The quantitative estimate of drug-likeness (QED) is 0.924. The van der Waals surface area contributed by atoms with E-state index in [0.29, 0.717) is 11.8 Å². The predicted octanol–water partition coefficient (Wildman–Crippen LogP) is 3.44. The zero-order chi connectivity index (χ0) is 13.9. The van der Waals surface area contributed by atoms with Crippen molar-refractivity contribution >= 4 is 0 Å². The minimum absolute atomic E-state index is 0.559. The third kappa shape index (κ3) is 2.54. The number of ether oxygens (including phenoxy) is 1. The van der Waals surface area contributed by atoms with E-state index in [0.717, 1.165) is 11.1 Å². The van der Waals surface area contributed by atoms with Gasteiger partial charge in [-0.15, -0.1) is 0 Å². The summed E-state index contributed by atoms with van der Waals surface area (Å²) in [6, 6.07) is 11.9. The van der Waals surface area contributed by atoms with Crippen molar-refractivity contribution in [1.82, 2.24) is 4.98 Å². The molecule has 3 rings (SSSR count). The summed E-state index contributed by atoms with van der Waals surface area (Å²) in [5, 5.41) is 10.5. The molecular formula is C17H19NO2. The summed E-state index contributed by atoms with van der Waals surface area (Å²) in [7, 11) is 1.58. The van der Waals surface area contributed by atoms with Crippen LogP contribution in [0, 0.1) is 0 Å². The largest absolute Gasteiger partial charge is 0.481 e. The van der Waals surface area contributed by atoms with Crippen molar-refractivity contribution in [2.45, 2.75) is 31.3 Å². The molecule has 0 radical (unpaired) electrons. The number of aliphatic hydroxyl groups is 1. The lowest BCUT2D eigenvalue weighted by atomic mass is 9.79. The molecule has 0 saturated heterocycles. The standard InChI is InChI=1S/C17H19NO2/c1-20-16-9-8-15(11-18-16)17(19)14-7-3-6-13(10-14)12-4-2-5-12/h3,6-12,17,19H,2,4-5H2,1H3. The molecule has 1 aromatic heterocycles. The van der Waals surface area contributed by atoms with E-state index >= 15 is 0 Å². The third-order valence-electron chi connectivity index (χ3n) is 4.09. The molecule has 1 fully saturated rings. The second-order valence-corrected chi connectivity index (χ2v) is 5.33. The van der Waals surface area contributed by atoms with E-state index in [4.69, 9.17) is 4.74 Å². The number of pyridine rings is 1. The van der Waals surface area contributed by atoms with Gasteiger partial charge in [-0.3, -0.25) is 0 Å². The second kappa shape index (κ2) is 5.63. The minimum atomic E-state index is -0.631. The molecule has 1 unspecified atom stereocenters. The second-order valence-electron chi connectivity index (χ2n) is 5.33. The maximum absolute atomic E-state index is 10.5. The average Bonchev–Trinajstić information content (AvgIpc) is 2.45. The number of methoxy groups -OCH3 is 1. The van der Waals surface area contributed by atoms with Gasteiger partial charge in [0.25, 0.3) is 0 Å². The van der Waals surface area contributed by atoms with Crippen LogP contribution in [0.3, 0.4) is 0 Å². The molecule has 1 N–H and O–H groups in total. The molecule has 1 aromatic carbocycles. The Kier molecular flexibility index (Phi) is 3.70. The summed E-state index contributed by atoms with van der Waals surface area (Å²) in [6.07, 6.45) is 4.89. The lowest BCUT2D eigenvalue weighted by molar-refractivity contribution is 0.219. The first kappa shape index (κ1) is 13.1. The van der Waals surface area contributed by atoms with Crippen molar-refractivity contribution < 1.29 is 9.84 Å². The molecule has 1 heterocycles. The lowest BCUT2D eigenvalue weighted by Gasteiger charge is -2.26. The fraction of sp³-hybridized carbons (Fsp3) is 0.353. The van der Waals surface area contributed by atoms with Crippen LogP contribution in [0.1, 0.15) is 48.0 Å². The summed E-state index contributed by atoms with van der Waals surface area (Å²) >= 11 is 0. The van der Waals surface area contributed by atoms with Crippen LogP contribution < -0.4 is 4.74 Å². The zero-order valence-corrected chi connectivity index (χ0v) is 11.6. The molecule has 0 aliphatic heterocycles. The maximum Gasteiger partial charge on any atom is 0.212 e. The molecule has 3 nitrogen and oxygen atoms in total. The highest BCUT2D eigenvalue weighted by Crippen LogP contribution is 2.37. The van der Waals surface area contributed by atoms with E-state index < -0.39 is 6.10 Å². The highest BCUT2D eigenvalue weighted by Gasteiger charge is 2.20. The van der Waals surface area contributed by atoms with Gasteiger partial charge in [0.05, 0.1) is 7.11 Å². The van der Waals surface area contributed by atoms with E-state index in [9.17, 15) is 5.11 Å². The van der Waals surface area contributed by atoms with Gasteiger partial charge in [-0.05, 0) is 36.0 Å². The van der Waals surface area contributed by atoms with E-state index in [1.807, 2.05) is 18.2 Å². The molecule has 1 aliphatic rings. The molecule has 104 valence electrons. The van der Waals surface area contributed by atoms with E-state index in [1.54, 1.807) is 19.4 Å². The Morgan fingerprint density at radius 1 is 1.20 bits per heavy atom. The van der Waals surface area contributed by atoms with Crippen LogP contribution in [0.25, 0.3) is 0 Å². The third-order valence-corrected chi connectivity index (χ3v) is 4.09. The van der Waals surface area contributed by atoms with Crippen LogP contribution >= 0.6 is 0 Å². The van der Waals surface area contributed by atoms with Crippen LogP contribution in [0.4, 0.5) is 0 Å². The average molecular weight is 269 g/mol. The number of hydrogen-bond acceptors (Lipinski definition) is 3. The van der Waals surface area contributed by atoms with Crippen molar-refractivity contribution in [2.24, 2.45) is 0 Å². The SMILES string of the molecule is COc1ccc(C(O)c2cccc(C3CCC3)c2)cn1. The molecule has 2 aromatic rings. The van der Waals surface area contributed by atoms with Crippen molar-refractivity contribution in [2.75, 3.05) is 7.11 Å². The summed E-state index contributed by atoms with van der Waals surface area (Å²) in [5.74, 6) is 1.24. The van der Waals surface area contributed by atoms with Gasteiger partial charge < -0.3 is 9.84 Å². The number of rotatable bonds is 4. The molecule has 3 heteroatoms. The molecule has 0 bridgehead atoms. The van der Waals surface area contributed by atoms with E-state index in [1.165, 1.54) is 24.8 Å². The van der Waals surface area contributed by atoms with Gasteiger partial charge in [0, 0.05) is 17.8 Å². The Bertz CT molecular complexity index is 576. The first-order valence-electron chi connectivity index (χ1n) is 7.06. The fourth-order valence-electron chi connectivity index (χ4n) is 2.59. The van der Waals surface area contributed by atoms with Crippen LogP contribution in [0.2, 0.25) is 0 Å². The van der Waals surface area contributed by atoms with Crippen molar-refractivity contribution in [1.29, 1.82) is 0 Å². The van der Waals surface area contributed by atoms with Gasteiger partial charge >= 0.3 is 0 Å². The Labute approximate surface area is 119 Å². The first-order chi connectivity index (χ1) is 9.78. The van der Waals surface area contributed by atoms with Gasteiger partial charge in [0.15, 0.2) is 0 Å². The number of benzene rings is 1. The first-order valence-corrected chi connectivity index (χ1v) is 7.06. The Balaban J connectivity index is 1.83. The van der Waals surface area contributed by atoms with E-state index in [-0.39, 0.29) is 0 Å². The topological polar surface area (TPSA) is 42.4 Å². The van der Waals surface area contributed by atoms with E-state index in [2.05, 4.69) is 17.1 Å². The monoisotopic (exact) mass is 269 g/mol. The van der Waals surface area contributed by atoms with Gasteiger partial charge in [0.1, 0.15) is 6.10 Å². The smallest absolute Gasteiger partial charge is 0.212 e. The fourth-order valence-corrected chi connectivity index (χ4v) is 2.59. The highest BCUT2D eigenvalue weighted by atomic mass is 16.5. The Morgan fingerprint density at radius 3 is 2.65 bits per heavy atom. The molecule has 1 atom stereocenters. The predicted molar refractivity (Wildman–Crippen MR) is 77.9 cm³/mol. The number of hydrogen-bond donors (Lipinski definition) is 1. The maximum atomic E-state index is 10.5. The number of aromatic nitrogens is 1. The Hall–Kier alpha value is -1.87. The lowest BCUT2D eigenvalue weighted by Crippen LogP contribution is -2.09. The molecule has 1 aliphatic carbocycles. The van der Waals surface area contributed by atoms with Crippen LogP contribution in [0.5, 0.6) is 5.88 Å². The zero-order valence-electron chi connectivity index (χ0n) is 11.6. The normalized spacial score (nSPS) is 16.5. The van der Waals surface area contributed by atoms with Crippen molar-refractivity contribution in [3.8, 4) is 5.88 Å². The van der Waals surface area contributed by atoms with Crippen LogP contribution in [-0.4, -0.2) is 17.2 Å². The number of aliphatic hydroxyl groups excluding tert-OH is 1. The molecule has 20 heavy (non-hydrogen) atoms. The van der Waals surface area contributed by atoms with Gasteiger partial charge in [-0.25, -0.2) is 4.98 Å². The number of nitrogens with zero attached hydrogens (tertiary/aromatic N) is 1. The van der Waals surface area contributed by atoms with Crippen molar-refractivity contribution in [3.63, 3.8) is 0 Å². The minimum Gasteiger partial charge on any atom is -0.481 e. The summed E-state index contributed by atoms with van der Waals surface area (Å²) in [4.78, 5) is 4.15. The van der Waals surface area contributed by atoms with Crippen LogP contribution in [-0.2, 0) is 0 Å². The summed E-state index contributed by atoms with van der Waals surface area (Å²) < 4.78 is 5.03. The molecule has 1 saturated carbocycles. The van der Waals surface area contributed by atoms with Crippen molar-refractivity contribution in [3.05, 3.63) is 59.3 Å².